The first-order chi connectivity index (χ1) is 14.9. The molecule has 1 aliphatic rings. The van der Waals surface area contributed by atoms with Crippen LogP contribution in [-0.2, 0) is 9.13 Å². The third-order valence-corrected chi connectivity index (χ3v) is 10.0. The largest absolute Gasteiger partial charge is 0.429 e. The van der Waals surface area contributed by atoms with E-state index in [1.807, 2.05) is 72.8 Å². The molecule has 1 aliphatic heterocycles. The number of rotatable bonds is 2. The highest BCUT2D eigenvalue weighted by Crippen LogP contribution is 2.57. The molecule has 0 spiro atoms. The van der Waals surface area contributed by atoms with E-state index in [1.165, 1.54) is 0 Å². The summed E-state index contributed by atoms with van der Waals surface area (Å²) in [5.41, 5.74) is 1.83. The van der Waals surface area contributed by atoms with Gasteiger partial charge in [-0.1, -0.05) is 97.1 Å². The fraction of sp³-hybridized carbons (Fsp3) is 0. The molecule has 0 aliphatic carbocycles. The van der Waals surface area contributed by atoms with E-state index in [1.54, 1.807) is 36.4 Å². The van der Waals surface area contributed by atoms with Crippen molar-refractivity contribution in [2.24, 2.45) is 0 Å². The van der Waals surface area contributed by atoms with E-state index in [9.17, 15) is 9.13 Å². The molecule has 0 fully saturated rings. The maximum Gasteiger partial charge on any atom is 0.367 e. The first kappa shape index (κ1) is 21.9. The third kappa shape index (κ3) is 4.66. The van der Waals surface area contributed by atoms with E-state index >= 15 is 0 Å². The Bertz CT molecular complexity index is 1250. The summed E-state index contributed by atoms with van der Waals surface area (Å²) in [5.74, 6) is 0.583. The Morgan fingerprint density at radius 1 is 0.645 bits per heavy atom. The quantitative estimate of drug-likeness (QED) is 0.287. The SMILES string of the molecule is O=P(Cl)(c1ccccc1)c1ccccc1.O=P1(Cl)Oc2ccccc2-c2ccccc21. The Balaban J connectivity index is 0.000000150. The summed E-state index contributed by atoms with van der Waals surface area (Å²) in [5, 5.41) is 1.94. The lowest BCUT2D eigenvalue weighted by Crippen LogP contribution is -2.13. The van der Waals surface area contributed by atoms with E-state index in [4.69, 9.17) is 27.0 Å². The molecule has 0 radical (unpaired) electrons. The van der Waals surface area contributed by atoms with Gasteiger partial charge in [0.1, 0.15) is 5.75 Å². The number of para-hydroxylation sites is 1. The third-order valence-electron chi connectivity index (χ3n) is 4.76. The maximum atomic E-state index is 12.4. The van der Waals surface area contributed by atoms with E-state index in [-0.39, 0.29) is 0 Å². The predicted octanol–water partition coefficient (Wildman–Crippen LogP) is 6.96. The Kier molecular flexibility index (Phi) is 6.42. The van der Waals surface area contributed by atoms with Crippen molar-refractivity contribution in [3.8, 4) is 16.9 Å². The molecular formula is C24H18Cl2O3P2. The van der Waals surface area contributed by atoms with Crippen LogP contribution in [0.4, 0.5) is 0 Å². The van der Waals surface area contributed by atoms with Crippen LogP contribution in [-0.4, -0.2) is 0 Å². The van der Waals surface area contributed by atoms with E-state index in [0.717, 1.165) is 11.1 Å². The molecule has 0 N–H and O–H groups in total. The van der Waals surface area contributed by atoms with Gasteiger partial charge in [-0.2, -0.15) is 0 Å². The van der Waals surface area contributed by atoms with Crippen LogP contribution in [0.5, 0.6) is 5.75 Å². The molecule has 0 amide bonds. The molecule has 0 saturated heterocycles. The first-order valence-electron chi connectivity index (χ1n) is 9.49. The summed E-state index contributed by atoms with van der Waals surface area (Å²) in [6.07, 6.45) is 0. The summed E-state index contributed by atoms with van der Waals surface area (Å²) in [7, 11) is 0. The van der Waals surface area contributed by atoms with Crippen LogP contribution in [0.25, 0.3) is 11.1 Å². The average Bonchev–Trinajstić information content (AvgIpc) is 2.81. The molecule has 7 heteroatoms. The van der Waals surface area contributed by atoms with E-state index in [0.29, 0.717) is 21.7 Å². The monoisotopic (exact) mass is 486 g/mol. The minimum Gasteiger partial charge on any atom is -0.429 e. The average molecular weight is 487 g/mol. The van der Waals surface area contributed by atoms with Crippen molar-refractivity contribution in [1.82, 2.24) is 0 Å². The van der Waals surface area contributed by atoms with Crippen LogP contribution in [0.3, 0.4) is 0 Å². The minimum atomic E-state index is -3.24. The minimum absolute atomic E-state index is 0.579. The standard InChI is InChI=1S/C12H8ClO2P.C12H10ClOP/c13-16(14)12-8-4-2-6-10(12)9-5-1-3-7-11(9)15-16;13-15(14,11-7-3-1-4-8-11)12-9-5-2-6-10-12/h1-8H;1-10H. The van der Waals surface area contributed by atoms with Gasteiger partial charge in [-0.3, -0.25) is 9.13 Å². The van der Waals surface area contributed by atoms with Gasteiger partial charge in [0.25, 0.3) is 0 Å². The number of fused-ring (bicyclic) bond motifs is 3. The summed E-state index contributed by atoms with van der Waals surface area (Å²) < 4.78 is 29.9. The second-order valence-corrected chi connectivity index (χ2v) is 13.3. The highest BCUT2D eigenvalue weighted by molar-refractivity contribution is 8.00. The highest BCUT2D eigenvalue weighted by atomic mass is 35.7. The fourth-order valence-electron chi connectivity index (χ4n) is 3.27. The van der Waals surface area contributed by atoms with E-state index in [2.05, 4.69) is 0 Å². The Morgan fingerprint density at radius 2 is 1.10 bits per heavy atom. The summed E-state index contributed by atoms with van der Waals surface area (Å²) in [6.45, 7) is -6.16. The predicted molar refractivity (Wildman–Crippen MR) is 131 cm³/mol. The molecule has 3 nitrogen and oxygen atoms in total. The summed E-state index contributed by atoms with van der Waals surface area (Å²) in [6, 6.07) is 33.1. The molecule has 4 aromatic rings. The number of benzene rings is 4. The topological polar surface area (TPSA) is 43.4 Å². The lowest BCUT2D eigenvalue weighted by atomic mass is 10.0. The van der Waals surface area contributed by atoms with Gasteiger partial charge in [0, 0.05) is 21.7 Å². The number of hydrogen-bond donors (Lipinski definition) is 0. The van der Waals surface area contributed by atoms with Gasteiger partial charge in [0.15, 0.2) is 0 Å². The van der Waals surface area contributed by atoms with Crippen molar-refractivity contribution < 1.29 is 13.7 Å². The molecule has 1 unspecified atom stereocenters. The molecule has 0 aromatic heterocycles. The number of halogens is 2. The van der Waals surface area contributed by atoms with Gasteiger partial charge >= 0.3 is 6.72 Å². The molecule has 4 aromatic carbocycles. The van der Waals surface area contributed by atoms with Crippen LogP contribution < -0.4 is 20.4 Å². The van der Waals surface area contributed by atoms with Crippen LogP contribution >= 0.6 is 35.7 Å². The lowest BCUT2D eigenvalue weighted by Gasteiger charge is -2.23. The Labute approximate surface area is 191 Å². The van der Waals surface area contributed by atoms with Crippen molar-refractivity contribution in [1.29, 1.82) is 0 Å². The van der Waals surface area contributed by atoms with Crippen molar-refractivity contribution >= 4 is 51.6 Å². The van der Waals surface area contributed by atoms with Gasteiger partial charge in [0.05, 0.1) is 5.30 Å². The molecule has 0 saturated carbocycles. The number of hydrogen-bond acceptors (Lipinski definition) is 3. The fourth-order valence-corrected chi connectivity index (χ4v) is 7.28. The Morgan fingerprint density at radius 3 is 1.68 bits per heavy atom. The second-order valence-electron chi connectivity index (χ2n) is 6.79. The zero-order chi connectivity index (χ0) is 21.9. The molecule has 1 atom stereocenters. The molecule has 1 heterocycles. The smallest absolute Gasteiger partial charge is 0.367 e. The van der Waals surface area contributed by atoms with Crippen LogP contribution in [0, 0.1) is 0 Å². The van der Waals surface area contributed by atoms with Crippen molar-refractivity contribution in [3.05, 3.63) is 109 Å². The van der Waals surface area contributed by atoms with Crippen LogP contribution in [0.15, 0.2) is 109 Å². The van der Waals surface area contributed by atoms with Crippen molar-refractivity contribution in [2.45, 2.75) is 0 Å². The zero-order valence-electron chi connectivity index (χ0n) is 16.3. The van der Waals surface area contributed by atoms with Gasteiger partial charge < -0.3 is 4.52 Å². The summed E-state index contributed by atoms with van der Waals surface area (Å²) in [4.78, 5) is 0. The van der Waals surface area contributed by atoms with Crippen LogP contribution in [0.2, 0.25) is 0 Å². The molecule has 31 heavy (non-hydrogen) atoms. The van der Waals surface area contributed by atoms with Gasteiger partial charge in [-0.25, -0.2) is 0 Å². The van der Waals surface area contributed by atoms with Gasteiger partial charge in [-0.05, 0) is 34.6 Å². The first-order valence-corrected chi connectivity index (χ1v) is 14.6. The molecular weight excluding hydrogens is 469 g/mol. The summed E-state index contributed by atoms with van der Waals surface area (Å²) >= 11 is 12.1. The molecule has 0 bridgehead atoms. The maximum absolute atomic E-state index is 12.4. The van der Waals surface area contributed by atoms with E-state index < -0.39 is 13.2 Å². The second kappa shape index (κ2) is 9.07. The molecule has 156 valence electrons. The van der Waals surface area contributed by atoms with Crippen molar-refractivity contribution in [3.63, 3.8) is 0 Å². The van der Waals surface area contributed by atoms with Crippen molar-refractivity contribution in [2.75, 3.05) is 0 Å². The zero-order valence-corrected chi connectivity index (χ0v) is 19.6. The highest BCUT2D eigenvalue weighted by Gasteiger charge is 2.33. The normalized spacial score (nSPS) is 16.7. The molecule has 5 rings (SSSR count). The van der Waals surface area contributed by atoms with Gasteiger partial charge in [-0.15, -0.1) is 0 Å². The van der Waals surface area contributed by atoms with Gasteiger partial charge in [0.2, 0.25) is 6.49 Å². The lowest BCUT2D eigenvalue weighted by molar-refractivity contribution is 0.507. The Hall–Kier alpha value is -2.28. The van der Waals surface area contributed by atoms with Crippen LogP contribution in [0.1, 0.15) is 0 Å².